The van der Waals surface area contributed by atoms with Gasteiger partial charge in [0.25, 0.3) is 0 Å². The molecule has 0 spiro atoms. The normalized spacial score (nSPS) is 11.4. The van der Waals surface area contributed by atoms with Gasteiger partial charge < -0.3 is 13.9 Å². The Bertz CT molecular complexity index is 1060. The lowest BCUT2D eigenvalue weighted by Gasteiger charge is -2.09. The summed E-state index contributed by atoms with van der Waals surface area (Å²) in [6.45, 7) is 4.21. The van der Waals surface area contributed by atoms with E-state index in [1.165, 1.54) is 12.2 Å². The van der Waals surface area contributed by atoms with E-state index in [1.807, 2.05) is 59.1 Å². The van der Waals surface area contributed by atoms with Crippen molar-refractivity contribution in [2.24, 2.45) is 0 Å². The van der Waals surface area contributed by atoms with Crippen molar-refractivity contribution in [3.05, 3.63) is 78.1 Å². The van der Waals surface area contributed by atoms with Gasteiger partial charge in [-0.1, -0.05) is 30.3 Å². The fourth-order valence-electron chi connectivity index (χ4n) is 3.01. The van der Waals surface area contributed by atoms with E-state index >= 15 is 0 Å². The average molecular weight is 389 g/mol. The molecule has 0 saturated heterocycles. The van der Waals surface area contributed by atoms with Crippen LogP contribution in [0.3, 0.4) is 0 Å². The molecule has 0 radical (unpaired) electrons. The molecule has 0 bridgehead atoms. The number of benzene rings is 1. The number of esters is 2. The summed E-state index contributed by atoms with van der Waals surface area (Å²) in [5.74, 6) is -0.770. The average Bonchev–Trinajstić information content (AvgIpc) is 3.14. The highest BCUT2D eigenvalue weighted by Gasteiger charge is 2.08. The third-order valence-electron chi connectivity index (χ3n) is 4.29. The molecule has 0 saturated carbocycles. The number of hydrogen-bond acceptors (Lipinski definition) is 4. The van der Waals surface area contributed by atoms with Gasteiger partial charge in [0.2, 0.25) is 0 Å². The first-order valence-electron chi connectivity index (χ1n) is 9.52. The fraction of sp³-hybridized carbons (Fsp3) is 0.167. The summed E-state index contributed by atoms with van der Waals surface area (Å²) in [7, 11) is 0. The molecule has 5 nitrogen and oxygen atoms in total. The van der Waals surface area contributed by atoms with Crippen molar-refractivity contribution in [2.45, 2.75) is 13.8 Å². The van der Waals surface area contributed by atoms with Crippen LogP contribution < -0.4 is 0 Å². The second kappa shape index (κ2) is 9.55. The first-order chi connectivity index (χ1) is 14.1. The number of carbonyl (C=O) groups is 2. The lowest BCUT2D eigenvalue weighted by Crippen LogP contribution is -1.99. The van der Waals surface area contributed by atoms with Crippen LogP contribution in [0.25, 0.3) is 28.8 Å². The van der Waals surface area contributed by atoms with E-state index in [2.05, 4.69) is 0 Å². The van der Waals surface area contributed by atoms with Crippen molar-refractivity contribution in [3.63, 3.8) is 0 Å². The van der Waals surface area contributed by atoms with E-state index in [9.17, 15) is 9.59 Å². The number of fused-ring (bicyclic) bond motifs is 1. The Morgan fingerprint density at radius 1 is 0.862 bits per heavy atom. The number of pyridine rings is 1. The quantitative estimate of drug-likeness (QED) is 0.432. The van der Waals surface area contributed by atoms with Gasteiger partial charge in [0.1, 0.15) is 0 Å². The summed E-state index contributed by atoms with van der Waals surface area (Å²) in [6, 6.07) is 15.9. The van der Waals surface area contributed by atoms with Crippen LogP contribution in [0.4, 0.5) is 0 Å². The first-order valence-corrected chi connectivity index (χ1v) is 9.52. The molecule has 148 valence electrons. The van der Waals surface area contributed by atoms with Gasteiger partial charge in [-0.3, -0.25) is 0 Å². The third kappa shape index (κ3) is 5.02. The third-order valence-corrected chi connectivity index (χ3v) is 4.29. The first kappa shape index (κ1) is 20.1. The molecule has 0 aliphatic carbocycles. The number of carbonyl (C=O) groups excluding carboxylic acids is 2. The predicted molar refractivity (Wildman–Crippen MR) is 114 cm³/mol. The Hall–Kier alpha value is -3.60. The van der Waals surface area contributed by atoms with Crippen LogP contribution in [0.5, 0.6) is 0 Å². The highest BCUT2D eigenvalue weighted by atomic mass is 16.5. The minimum Gasteiger partial charge on any atom is -0.463 e. The van der Waals surface area contributed by atoms with Crippen molar-refractivity contribution >= 4 is 29.6 Å². The zero-order chi connectivity index (χ0) is 20.6. The summed E-state index contributed by atoms with van der Waals surface area (Å²) in [4.78, 5) is 23.5. The van der Waals surface area contributed by atoms with Crippen molar-refractivity contribution in [3.8, 4) is 11.1 Å². The largest absolute Gasteiger partial charge is 0.463 e. The molecule has 3 rings (SSSR count). The van der Waals surface area contributed by atoms with E-state index < -0.39 is 0 Å². The number of hydrogen-bond donors (Lipinski definition) is 0. The van der Waals surface area contributed by atoms with Crippen molar-refractivity contribution in [2.75, 3.05) is 13.2 Å². The Morgan fingerprint density at radius 2 is 1.52 bits per heavy atom. The monoisotopic (exact) mass is 389 g/mol. The van der Waals surface area contributed by atoms with Gasteiger partial charge in [0, 0.05) is 24.0 Å². The van der Waals surface area contributed by atoms with Gasteiger partial charge >= 0.3 is 11.9 Å². The second-order valence-corrected chi connectivity index (χ2v) is 6.23. The molecule has 0 N–H and O–H groups in total. The molecule has 1 aromatic carbocycles. The fourth-order valence-corrected chi connectivity index (χ4v) is 3.01. The molecule has 0 fully saturated rings. The SMILES string of the molecule is CCOC(=O)/C=C/c1cc(-c2ccccc2)cn2c(/C=C/C(=O)OCC)ccc12. The summed E-state index contributed by atoms with van der Waals surface area (Å²) < 4.78 is 11.9. The number of ether oxygens (including phenoxy) is 2. The van der Waals surface area contributed by atoms with Gasteiger partial charge in [0.05, 0.1) is 18.7 Å². The molecule has 3 aromatic rings. The maximum Gasteiger partial charge on any atom is 0.330 e. The van der Waals surface area contributed by atoms with Gasteiger partial charge in [-0.25, -0.2) is 9.59 Å². The summed E-state index contributed by atoms with van der Waals surface area (Å²) >= 11 is 0. The van der Waals surface area contributed by atoms with E-state index in [4.69, 9.17) is 9.47 Å². The number of aromatic nitrogens is 1. The van der Waals surface area contributed by atoms with Gasteiger partial charge in [-0.2, -0.15) is 0 Å². The zero-order valence-corrected chi connectivity index (χ0v) is 16.5. The Balaban J connectivity index is 2.08. The molecule has 0 atom stereocenters. The molecule has 5 heteroatoms. The molecule has 2 heterocycles. The van der Waals surface area contributed by atoms with Crippen LogP contribution in [0.15, 0.2) is 66.9 Å². The van der Waals surface area contributed by atoms with Crippen LogP contribution in [-0.2, 0) is 19.1 Å². The Morgan fingerprint density at radius 3 is 2.17 bits per heavy atom. The van der Waals surface area contributed by atoms with Crippen LogP contribution in [0.1, 0.15) is 25.1 Å². The minimum absolute atomic E-state index is 0.330. The maximum atomic E-state index is 11.8. The van der Waals surface area contributed by atoms with E-state index in [0.717, 1.165) is 27.9 Å². The smallest absolute Gasteiger partial charge is 0.330 e. The number of rotatable bonds is 7. The van der Waals surface area contributed by atoms with Gasteiger partial charge in [-0.15, -0.1) is 0 Å². The van der Waals surface area contributed by atoms with Crippen LogP contribution in [-0.4, -0.2) is 29.6 Å². The molecular weight excluding hydrogens is 366 g/mol. The number of nitrogens with zero attached hydrogens (tertiary/aromatic N) is 1. The summed E-state index contributed by atoms with van der Waals surface area (Å²) in [6.07, 6.45) is 8.32. The van der Waals surface area contributed by atoms with Crippen molar-refractivity contribution in [1.29, 1.82) is 0 Å². The highest BCUT2D eigenvalue weighted by Crippen LogP contribution is 2.26. The van der Waals surface area contributed by atoms with E-state index in [-0.39, 0.29) is 11.9 Å². The van der Waals surface area contributed by atoms with E-state index in [1.54, 1.807) is 26.0 Å². The Labute approximate surface area is 169 Å². The second-order valence-electron chi connectivity index (χ2n) is 6.23. The van der Waals surface area contributed by atoms with Gasteiger partial charge in [-0.05, 0) is 60.9 Å². The lowest BCUT2D eigenvalue weighted by atomic mass is 10.0. The van der Waals surface area contributed by atoms with Crippen molar-refractivity contribution in [1.82, 2.24) is 4.40 Å². The molecule has 0 aliphatic rings. The topological polar surface area (TPSA) is 57.0 Å². The van der Waals surface area contributed by atoms with Gasteiger partial charge in [0.15, 0.2) is 0 Å². The lowest BCUT2D eigenvalue weighted by molar-refractivity contribution is -0.138. The highest BCUT2D eigenvalue weighted by molar-refractivity contribution is 5.90. The summed E-state index contributed by atoms with van der Waals surface area (Å²) in [5.41, 5.74) is 4.65. The van der Waals surface area contributed by atoms with Crippen molar-refractivity contribution < 1.29 is 19.1 Å². The summed E-state index contributed by atoms with van der Waals surface area (Å²) in [5, 5.41) is 0. The van der Waals surface area contributed by atoms with E-state index in [0.29, 0.717) is 13.2 Å². The molecule has 0 aliphatic heterocycles. The van der Waals surface area contributed by atoms with Crippen LogP contribution in [0, 0.1) is 0 Å². The molecule has 0 amide bonds. The predicted octanol–water partition coefficient (Wildman–Crippen LogP) is 4.76. The molecule has 29 heavy (non-hydrogen) atoms. The van der Waals surface area contributed by atoms with Crippen LogP contribution >= 0.6 is 0 Å². The maximum absolute atomic E-state index is 11.8. The molecular formula is C24H23NO4. The Kier molecular flexibility index (Phi) is 6.63. The zero-order valence-electron chi connectivity index (χ0n) is 16.5. The molecule has 2 aromatic heterocycles. The molecule has 0 unspecified atom stereocenters. The van der Waals surface area contributed by atoms with Crippen LogP contribution in [0.2, 0.25) is 0 Å². The standard InChI is InChI=1S/C24H23NO4/c1-3-28-23(26)14-10-19-16-20(18-8-6-5-7-9-18)17-25-21(11-13-22(19)25)12-15-24(27)29-4-2/h5-17H,3-4H2,1-2H3/b14-10+,15-12+. The minimum atomic E-state index is -0.385.